The molecule has 0 spiro atoms. The smallest absolute Gasteiger partial charge is 0.241 e. The molecule has 3 N–H and O–H groups in total. The van der Waals surface area contributed by atoms with Gasteiger partial charge in [0.05, 0.1) is 38.6 Å². The topological polar surface area (TPSA) is 107 Å². The van der Waals surface area contributed by atoms with Crippen molar-refractivity contribution in [3.63, 3.8) is 0 Å². The van der Waals surface area contributed by atoms with E-state index in [0.29, 0.717) is 35.1 Å². The van der Waals surface area contributed by atoms with E-state index in [2.05, 4.69) is 11.4 Å². The van der Waals surface area contributed by atoms with Gasteiger partial charge in [-0.3, -0.25) is 4.79 Å². The number of hydrogen-bond donors (Lipinski definition) is 2. The summed E-state index contributed by atoms with van der Waals surface area (Å²) in [5.74, 6) is 1.33. The molecular weight excluding hydrogens is 370 g/mol. The van der Waals surface area contributed by atoms with Crippen molar-refractivity contribution in [2.45, 2.75) is 19.9 Å². The van der Waals surface area contributed by atoms with Crippen molar-refractivity contribution in [2.24, 2.45) is 5.73 Å². The van der Waals surface area contributed by atoms with Gasteiger partial charge in [0.25, 0.3) is 0 Å². The molecule has 0 aliphatic heterocycles. The zero-order valence-electron chi connectivity index (χ0n) is 17.0. The standard InChI is InChI=1S/C22H25N3O4/c1-5-29-21-13-16(7-9-20(21)28-4)17(10-11-23)15-6-8-19(27-3)18(12-15)25-22(26)14(2)24/h6-10,12-14H,5,24H2,1-4H3,(H,25,26)/b17-10-. The van der Waals surface area contributed by atoms with Gasteiger partial charge in [-0.25, -0.2) is 0 Å². The first-order chi connectivity index (χ1) is 13.9. The Morgan fingerprint density at radius 1 is 1.14 bits per heavy atom. The lowest BCUT2D eigenvalue weighted by molar-refractivity contribution is -0.117. The lowest BCUT2D eigenvalue weighted by Crippen LogP contribution is -2.32. The summed E-state index contributed by atoms with van der Waals surface area (Å²) >= 11 is 0. The zero-order chi connectivity index (χ0) is 21.4. The molecule has 0 bridgehead atoms. The number of benzene rings is 2. The fourth-order valence-electron chi connectivity index (χ4n) is 2.73. The number of nitriles is 1. The molecule has 7 nitrogen and oxygen atoms in total. The Morgan fingerprint density at radius 2 is 1.76 bits per heavy atom. The fourth-order valence-corrected chi connectivity index (χ4v) is 2.73. The average molecular weight is 395 g/mol. The van der Waals surface area contributed by atoms with Gasteiger partial charge in [-0.15, -0.1) is 0 Å². The molecule has 2 aromatic rings. The van der Waals surface area contributed by atoms with Crippen molar-refractivity contribution in [1.82, 2.24) is 0 Å². The maximum absolute atomic E-state index is 12.1. The second-order valence-corrected chi connectivity index (χ2v) is 6.18. The molecule has 29 heavy (non-hydrogen) atoms. The Balaban J connectivity index is 2.54. The summed E-state index contributed by atoms with van der Waals surface area (Å²) in [6, 6.07) is 12.1. The SMILES string of the molecule is CCOc1cc(/C(=C\C#N)c2ccc(OC)c(NC(=O)C(C)N)c2)ccc1OC. The summed E-state index contributed by atoms with van der Waals surface area (Å²) in [5.41, 5.74) is 8.27. The number of nitrogens with zero attached hydrogens (tertiary/aromatic N) is 1. The average Bonchev–Trinajstić information content (AvgIpc) is 2.72. The number of allylic oxidation sites excluding steroid dienone is 1. The molecule has 0 radical (unpaired) electrons. The van der Waals surface area contributed by atoms with E-state index in [1.165, 1.54) is 13.2 Å². The molecule has 7 heteroatoms. The van der Waals surface area contributed by atoms with Crippen LogP contribution in [-0.4, -0.2) is 32.8 Å². The number of carbonyl (C=O) groups excluding carboxylic acids is 1. The summed E-state index contributed by atoms with van der Waals surface area (Å²) in [6.45, 7) is 3.96. The lowest BCUT2D eigenvalue weighted by Gasteiger charge is -2.16. The van der Waals surface area contributed by atoms with E-state index in [1.54, 1.807) is 32.2 Å². The Hall–Kier alpha value is -3.50. The molecule has 0 aliphatic carbocycles. The van der Waals surface area contributed by atoms with E-state index in [9.17, 15) is 10.1 Å². The van der Waals surface area contributed by atoms with E-state index >= 15 is 0 Å². The fraction of sp³-hybridized carbons (Fsp3) is 0.273. The highest BCUT2D eigenvalue weighted by Crippen LogP contribution is 2.35. The largest absolute Gasteiger partial charge is 0.495 e. The van der Waals surface area contributed by atoms with Crippen LogP contribution in [0.25, 0.3) is 5.57 Å². The highest BCUT2D eigenvalue weighted by Gasteiger charge is 2.15. The Labute approximate surface area is 170 Å². The highest BCUT2D eigenvalue weighted by atomic mass is 16.5. The molecular formula is C22H25N3O4. The van der Waals surface area contributed by atoms with Gasteiger partial charge in [0.15, 0.2) is 11.5 Å². The third kappa shape index (κ3) is 5.27. The minimum atomic E-state index is -0.673. The number of amides is 1. The third-order valence-corrected chi connectivity index (χ3v) is 4.17. The Kier molecular flexibility index (Phi) is 7.63. The molecule has 1 unspecified atom stereocenters. The van der Waals surface area contributed by atoms with E-state index in [4.69, 9.17) is 19.9 Å². The van der Waals surface area contributed by atoms with Crippen LogP contribution in [0, 0.1) is 11.3 Å². The molecule has 1 amide bonds. The van der Waals surface area contributed by atoms with Crippen LogP contribution in [0.3, 0.4) is 0 Å². The van der Waals surface area contributed by atoms with Crippen LogP contribution in [0.5, 0.6) is 17.2 Å². The van der Waals surface area contributed by atoms with Crippen molar-refractivity contribution >= 4 is 17.2 Å². The second-order valence-electron chi connectivity index (χ2n) is 6.18. The minimum absolute atomic E-state index is 0.339. The molecule has 0 aromatic heterocycles. The van der Waals surface area contributed by atoms with Gasteiger partial charge in [-0.1, -0.05) is 12.1 Å². The normalized spacial score (nSPS) is 11.9. The Morgan fingerprint density at radius 3 is 2.31 bits per heavy atom. The van der Waals surface area contributed by atoms with Gasteiger partial charge in [-0.05, 0) is 54.8 Å². The summed E-state index contributed by atoms with van der Waals surface area (Å²) < 4.78 is 16.3. The van der Waals surface area contributed by atoms with Crippen molar-refractivity contribution in [1.29, 1.82) is 5.26 Å². The predicted molar refractivity (Wildman–Crippen MR) is 112 cm³/mol. The van der Waals surface area contributed by atoms with Crippen LogP contribution in [0.15, 0.2) is 42.5 Å². The number of hydrogen-bond acceptors (Lipinski definition) is 6. The first-order valence-electron chi connectivity index (χ1n) is 9.11. The number of ether oxygens (including phenoxy) is 3. The Bertz CT molecular complexity index is 946. The molecule has 0 saturated carbocycles. The zero-order valence-corrected chi connectivity index (χ0v) is 17.0. The van der Waals surface area contributed by atoms with Gasteiger partial charge in [-0.2, -0.15) is 5.26 Å². The van der Waals surface area contributed by atoms with E-state index in [0.717, 1.165) is 11.1 Å². The maximum Gasteiger partial charge on any atom is 0.241 e. The quantitative estimate of drug-likeness (QED) is 0.664. The highest BCUT2D eigenvalue weighted by molar-refractivity contribution is 5.96. The van der Waals surface area contributed by atoms with Crippen LogP contribution in [0.2, 0.25) is 0 Å². The van der Waals surface area contributed by atoms with Crippen LogP contribution >= 0.6 is 0 Å². The molecule has 1 atom stereocenters. The summed E-state index contributed by atoms with van der Waals surface area (Å²) in [6.07, 6.45) is 1.44. The first kappa shape index (κ1) is 21.8. The molecule has 0 aliphatic rings. The van der Waals surface area contributed by atoms with Crippen LogP contribution in [-0.2, 0) is 4.79 Å². The number of nitrogens with two attached hydrogens (primary N) is 1. The maximum atomic E-state index is 12.1. The van der Waals surface area contributed by atoms with Gasteiger partial charge < -0.3 is 25.3 Å². The number of methoxy groups -OCH3 is 2. The van der Waals surface area contributed by atoms with Crippen molar-refractivity contribution in [3.8, 4) is 23.3 Å². The number of anilines is 1. The van der Waals surface area contributed by atoms with E-state index in [-0.39, 0.29) is 5.91 Å². The third-order valence-electron chi connectivity index (χ3n) is 4.17. The molecule has 0 heterocycles. The summed E-state index contributed by atoms with van der Waals surface area (Å²) in [7, 11) is 3.08. The number of carbonyl (C=O) groups is 1. The molecule has 2 aromatic carbocycles. The van der Waals surface area contributed by atoms with Gasteiger partial charge >= 0.3 is 0 Å². The second kappa shape index (κ2) is 10.2. The van der Waals surface area contributed by atoms with Crippen molar-refractivity contribution < 1.29 is 19.0 Å². The summed E-state index contributed by atoms with van der Waals surface area (Å²) in [4.78, 5) is 12.1. The van der Waals surface area contributed by atoms with Crippen LogP contribution < -0.4 is 25.3 Å². The number of nitrogens with one attached hydrogen (secondary N) is 1. The number of rotatable bonds is 8. The van der Waals surface area contributed by atoms with Crippen LogP contribution in [0.1, 0.15) is 25.0 Å². The van der Waals surface area contributed by atoms with Gasteiger partial charge in [0.2, 0.25) is 5.91 Å². The molecule has 0 fully saturated rings. The van der Waals surface area contributed by atoms with Crippen molar-refractivity contribution in [3.05, 3.63) is 53.6 Å². The monoisotopic (exact) mass is 395 g/mol. The predicted octanol–water partition coefficient (Wildman–Crippen LogP) is 3.34. The molecule has 152 valence electrons. The molecule has 2 rings (SSSR count). The van der Waals surface area contributed by atoms with Crippen LogP contribution in [0.4, 0.5) is 5.69 Å². The van der Waals surface area contributed by atoms with Gasteiger partial charge in [0.1, 0.15) is 5.75 Å². The summed E-state index contributed by atoms with van der Waals surface area (Å²) in [5, 5.41) is 12.1. The van der Waals surface area contributed by atoms with Gasteiger partial charge in [0, 0.05) is 6.08 Å². The molecule has 0 saturated heterocycles. The van der Waals surface area contributed by atoms with E-state index < -0.39 is 6.04 Å². The first-order valence-corrected chi connectivity index (χ1v) is 9.11. The lowest BCUT2D eigenvalue weighted by atomic mass is 9.96. The minimum Gasteiger partial charge on any atom is -0.495 e. The van der Waals surface area contributed by atoms with Crippen molar-refractivity contribution in [2.75, 3.05) is 26.1 Å². The van der Waals surface area contributed by atoms with E-state index in [1.807, 2.05) is 25.1 Å².